The Morgan fingerprint density at radius 3 is 2.59 bits per heavy atom. The Kier molecular flexibility index (Phi) is 10.7. The van der Waals surface area contributed by atoms with Crippen molar-refractivity contribution >= 4 is 34.7 Å². The first kappa shape index (κ1) is 29.5. The Hall–Kier alpha value is -4.08. The van der Waals surface area contributed by atoms with Crippen molar-refractivity contribution in [2.45, 2.75) is 58.7 Å². The van der Waals surface area contributed by atoms with Crippen LogP contribution in [0.25, 0.3) is 10.9 Å². The lowest BCUT2D eigenvalue weighted by atomic mass is 10.0. The van der Waals surface area contributed by atoms with Gasteiger partial charge in [-0.2, -0.15) is 0 Å². The van der Waals surface area contributed by atoms with Crippen LogP contribution >= 0.6 is 0 Å². The standard InChI is InChI=1S/C29H40N6O4/c1-18(2)22-12-13-25(36)30-15-8-7-11-24(27(37)33-22)34-28(38)26(19(3)4)35-29(39)31-16-14-20-17-32-23-10-6-5-9-21(20)23/h5-7,9-13,17-19,22,24,26,32H,8,14-16H2,1-4H3,(H,30,36)(H,33,37)(H,34,38)(H2,31,35,39)/b11-7+,13-12+/t22-,24+,26+/m1/s1. The third-order valence-electron chi connectivity index (χ3n) is 6.59. The first-order chi connectivity index (χ1) is 18.7. The van der Waals surface area contributed by atoms with Gasteiger partial charge in [-0.1, -0.05) is 64.1 Å². The number of urea groups is 1. The zero-order chi connectivity index (χ0) is 28.4. The highest BCUT2D eigenvalue weighted by Crippen LogP contribution is 2.17. The summed E-state index contributed by atoms with van der Waals surface area (Å²) in [7, 11) is 0. The number of aromatic nitrogens is 1. The van der Waals surface area contributed by atoms with E-state index in [9.17, 15) is 19.2 Å². The zero-order valence-corrected chi connectivity index (χ0v) is 23.0. The van der Waals surface area contributed by atoms with Crippen LogP contribution in [0, 0.1) is 11.8 Å². The van der Waals surface area contributed by atoms with Gasteiger partial charge in [-0.3, -0.25) is 14.4 Å². The molecule has 0 radical (unpaired) electrons. The molecule has 3 rings (SSSR count). The molecule has 3 atom stereocenters. The molecule has 5 amide bonds. The van der Waals surface area contributed by atoms with Crippen molar-refractivity contribution in [2.75, 3.05) is 13.1 Å². The lowest BCUT2D eigenvalue weighted by Gasteiger charge is -2.26. The molecule has 2 aromatic rings. The maximum Gasteiger partial charge on any atom is 0.315 e. The molecule has 1 aromatic carbocycles. The molecule has 6 N–H and O–H groups in total. The van der Waals surface area contributed by atoms with Crippen molar-refractivity contribution in [1.29, 1.82) is 0 Å². The maximum atomic E-state index is 13.2. The summed E-state index contributed by atoms with van der Waals surface area (Å²) in [6.45, 7) is 8.32. The third kappa shape index (κ3) is 8.73. The molecule has 0 bridgehead atoms. The van der Waals surface area contributed by atoms with Gasteiger partial charge in [-0.25, -0.2) is 4.79 Å². The minimum atomic E-state index is -0.935. The fraction of sp³-hybridized carbons (Fsp3) is 0.448. The number of hydrogen-bond acceptors (Lipinski definition) is 4. The molecular formula is C29H40N6O4. The van der Waals surface area contributed by atoms with Crippen LogP contribution in [0.3, 0.4) is 0 Å². The molecule has 10 nitrogen and oxygen atoms in total. The van der Waals surface area contributed by atoms with Gasteiger partial charge < -0.3 is 31.6 Å². The van der Waals surface area contributed by atoms with Crippen molar-refractivity contribution < 1.29 is 19.2 Å². The SMILES string of the molecule is CC(C)[C@H](NC(=O)NCCc1c[nH]c2ccccc12)C(=O)N[C@H]1/C=C/CCNC(=O)/C=C/[C@H](C(C)C)NC1=O. The molecule has 0 fully saturated rings. The van der Waals surface area contributed by atoms with Gasteiger partial charge >= 0.3 is 6.03 Å². The third-order valence-corrected chi connectivity index (χ3v) is 6.59. The van der Waals surface area contributed by atoms with E-state index in [0.717, 1.165) is 16.5 Å². The van der Waals surface area contributed by atoms with Gasteiger partial charge in [0.05, 0.1) is 0 Å². The number of nitrogens with one attached hydrogen (secondary N) is 6. The second-order valence-corrected chi connectivity index (χ2v) is 10.4. The molecule has 1 aliphatic rings. The summed E-state index contributed by atoms with van der Waals surface area (Å²) >= 11 is 0. The first-order valence-electron chi connectivity index (χ1n) is 13.5. The van der Waals surface area contributed by atoms with Gasteiger partial charge in [0.1, 0.15) is 12.1 Å². The van der Waals surface area contributed by atoms with Gasteiger partial charge in [0, 0.05) is 42.3 Å². The van der Waals surface area contributed by atoms with Crippen LogP contribution in [0.2, 0.25) is 0 Å². The summed E-state index contributed by atoms with van der Waals surface area (Å²) in [5.41, 5.74) is 2.14. The largest absolute Gasteiger partial charge is 0.361 e. The number of amides is 5. The van der Waals surface area contributed by atoms with Crippen LogP contribution in [0.5, 0.6) is 0 Å². The molecule has 2 heterocycles. The van der Waals surface area contributed by atoms with E-state index in [1.54, 1.807) is 18.2 Å². The molecule has 0 spiro atoms. The van der Waals surface area contributed by atoms with Crippen LogP contribution in [0.15, 0.2) is 54.8 Å². The first-order valence-corrected chi connectivity index (χ1v) is 13.5. The number of aromatic amines is 1. The number of carbonyl (C=O) groups is 4. The van der Waals surface area contributed by atoms with Crippen LogP contribution in [0.1, 0.15) is 39.7 Å². The van der Waals surface area contributed by atoms with Crippen molar-refractivity contribution in [1.82, 2.24) is 31.6 Å². The predicted molar refractivity (Wildman–Crippen MR) is 152 cm³/mol. The van der Waals surface area contributed by atoms with Gasteiger partial charge in [0.25, 0.3) is 0 Å². The number of rotatable bonds is 8. The van der Waals surface area contributed by atoms with E-state index in [-0.39, 0.29) is 17.7 Å². The average Bonchev–Trinajstić information content (AvgIpc) is 3.30. The highest BCUT2D eigenvalue weighted by atomic mass is 16.2. The Balaban J connectivity index is 1.61. The fourth-order valence-electron chi connectivity index (χ4n) is 4.27. The number of hydrogen-bond donors (Lipinski definition) is 6. The fourth-order valence-corrected chi connectivity index (χ4v) is 4.27. The molecule has 0 aliphatic carbocycles. The van der Waals surface area contributed by atoms with E-state index >= 15 is 0 Å². The van der Waals surface area contributed by atoms with Gasteiger partial charge in [0.2, 0.25) is 17.7 Å². The van der Waals surface area contributed by atoms with Crippen LogP contribution < -0.4 is 26.6 Å². The number of benzene rings is 1. The Morgan fingerprint density at radius 2 is 1.85 bits per heavy atom. The monoisotopic (exact) mass is 536 g/mol. The molecule has 0 saturated carbocycles. The van der Waals surface area contributed by atoms with Crippen molar-refractivity contribution in [2.24, 2.45) is 11.8 Å². The summed E-state index contributed by atoms with van der Waals surface area (Å²) in [5.74, 6) is -1.27. The second kappa shape index (κ2) is 14.2. The minimum absolute atomic E-state index is 0.0271. The smallest absolute Gasteiger partial charge is 0.315 e. The maximum absolute atomic E-state index is 13.2. The molecule has 0 unspecified atom stereocenters. The summed E-state index contributed by atoms with van der Waals surface area (Å²) in [6.07, 6.45) is 9.49. The van der Waals surface area contributed by atoms with Gasteiger partial charge in [-0.15, -0.1) is 0 Å². The summed E-state index contributed by atoms with van der Waals surface area (Å²) < 4.78 is 0. The quantitative estimate of drug-likeness (QED) is 0.288. The zero-order valence-electron chi connectivity index (χ0n) is 23.0. The molecule has 39 heavy (non-hydrogen) atoms. The lowest BCUT2D eigenvalue weighted by molar-refractivity contribution is -0.129. The minimum Gasteiger partial charge on any atom is -0.361 e. The predicted octanol–water partition coefficient (Wildman–Crippen LogP) is 2.29. The number of carbonyl (C=O) groups excluding carboxylic acids is 4. The molecule has 1 aromatic heterocycles. The van der Waals surface area contributed by atoms with Crippen LogP contribution in [-0.2, 0) is 20.8 Å². The van der Waals surface area contributed by atoms with Crippen molar-refractivity contribution in [3.05, 3.63) is 60.3 Å². The summed E-state index contributed by atoms with van der Waals surface area (Å²) in [4.78, 5) is 54.2. The molecular weight excluding hydrogens is 496 g/mol. The van der Waals surface area contributed by atoms with Crippen LogP contribution in [-0.4, -0.2) is 60.0 Å². The van der Waals surface area contributed by atoms with E-state index in [1.165, 1.54) is 6.08 Å². The van der Waals surface area contributed by atoms with Gasteiger partial charge in [0.15, 0.2) is 0 Å². The van der Waals surface area contributed by atoms with E-state index in [0.29, 0.717) is 25.9 Å². The molecule has 1 aliphatic heterocycles. The van der Waals surface area contributed by atoms with Crippen molar-refractivity contribution in [3.8, 4) is 0 Å². The van der Waals surface area contributed by atoms with E-state index in [1.807, 2.05) is 58.2 Å². The Labute approximate surface area is 229 Å². The highest BCUT2D eigenvalue weighted by molar-refractivity contribution is 5.93. The number of para-hydroxylation sites is 1. The normalized spacial score (nSPS) is 20.8. The molecule has 10 heteroatoms. The average molecular weight is 537 g/mol. The van der Waals surface area contributed by atoms with E-state index in [4.69, 9.17) is 0 Å². The Bertz CT molecular complexity index is 1220. The van der Waals surface area contributed by atoms with E-state index in [2.05, 4.69) is 31.6 Å². The molecule has 0 saturated heterocycles. The topological polar surface area (TPSA) is 144 Å². The lowest BCUT2D eigenvalue weighted by Crippen LogP contribution is -2.57. The Morgan fingerprint density at radius 1 is 1.08 bits per heavy atom. The summed E-state index contributed by atoms with van der Waals surface area (Å²) in [6, 6.07) is 5.34. The second-order valence-electron chi connectivity index (χ2n) is 10.4. The number of H-pyrrole nitrogens is 1. The van der Waals surface area contributed by atoms with Crippen LogP contribution in [0.4, 0.5) is 4.79 Å². The van der Waals surface area contributed by atoms with Gasteiger partial charge in [-0.05, 0) is 36.3 Å². The number of fused-ring (bicyclic) bond motifs is 1. The van der Waals surface area contributed by atoms with E-state index < -0.39 is 36.0 Å². The summed E-state index contributed by atoms with van der Waals surface area (Å²) in [5, 5.41) is 15.2. The van der Waals surface area contributed by atoms with Crippen molar-refractivity contribution in [3.63, 3.8) is 0 Å². The highest BCUT2D eigenvalue weighted by Gasteiger charge is 2.29. The molecule has 210 valence electrons.